The molecule has 0 spiro atoms. The lowest BCUT2D eigenvalue weighted by Gasteiger charge is -2.22. The minimum absolute atomic E-state index is 0. The Bertz CT molecular complexity index is 763. The molecule has 0 saturated heterocycles. The lowest BCUT2D eigenvalue weighted by atomic mass is 10.1. The number of nitrogens with zero attached hydrogens (tertiary/aromatic N) is 1. The van der Waals surface area contributed by atoms with Crippen molar-refractivity contribution < 1.29 is 14.3 Å². The zero-order valence-corrected chi connectivity index (χ0v) is 16.6. The van der Waals surface area contributed by atoms with E-state index in [0.717, 1.165) is 11.3 Å². The second-order valence-electron chi connectivity index (χ2n) is 6.06. The summed E-state index contributed by atoms with van der Waals surface area (Å²) < 4.78 is 5.13. The normalized spacial score (nSPS) is 11.1. The van der Waals surface area contributed by atoms with Crippen molar-refractivity contribution in [1.29, 1.82) is 0 Å². The molecule has 0 heterocycles. The van der Waals surface area contributed by atoms with Crippen LogP contribution in [0.5, 0.6) is 5.75 Å². The standard InChI is InChI=1S/C20H25N3O3.ClH/c1-14(21)20(25)23(2)18-7-5-4-6-17(18)19(24)22-13-12-15-8-10-16(26-3)11-9-15;/h4-11,14H,12-13,21H2,1-3H3,(H,22,24);1H/t14-;/m0./s1. The minimum Gasteiger partial charge on any atom is -0.497 e. The van der Waals surface area contributed by atoms with Crippen LogP contribution in [0.25, 0.3) is 0 Å². The summed E-state index contributed by atoms with van der Waals surface area (Å²) in [6.07, 6.45) is 0.701. The smallest absolute Gasteiger partial charge is 0.253 e. The zero-order chi connectivity index (χ0) is 19.1. The molecule has 0 radical (unpaired) electrons. The highest BCUT2D eigenvalue weighted by atomic mass is 35.5. The van der Waals surface area contributed by atoms with Crippen LogP contribution in [0.4, 0.5) is 5.69 Å². The van der Waals surface area contributed by atoms with Crippen molar-refractivity contribution in [3.8, 4) is 5.75 Å². The van der Waals surface area contributed by atoms with Crippen LogP contribution in [0.15, 0.2) is 48.5 Å². The van der Waals surface area contributed by atoms with Crippen molar-refractivity contribution in [1.82, 2.24) is 5.32 Å². The van der Waals surface area contributed by atoms with Crippen LogP contribution >= 0.6 is 12.4 Å². The monoisotopic (exact) mass is 391 g/mol. The number of anilines is 1. The second-order valence-corrected chi connectivity index (χ2v) is 6.06. The number of nitrogens with two attached hydrogens (primary N) is 1. The molecule has 0 unspecified atom stereocenters. The van der Waals surface area contributed by atoms with E-state index in [-0.39, 0.29) is 24.2 Å². The number of rotatable bonds is 7. The number of carbonyl (C=O) groups excluding carboxylic acids is 2. The summed E-state index contributed by atoms with van der Waals surface area (Å²) in [6.45, 7) is 2.11. The molecule has 146 valence electrons. The van der Waals surface area contributed by atoms with Gasteiger partial charge in [-0.15, -0.1) is 12.4 Å². The third kappa shape index (κ3) is 5.98. The zero-order valence-electron chi connectivity index (χ0n) is 15.8. The van der Waals surface area contributed by atoms with Gasteiger partial charge in [-0.1, -0.05) is 24.3 Å². The molecule has 0 aliphatic rings. The Morgan fingerprint density at radius 2 is 1.78 bits per heavy atom. The average molecular weight is 392 g/mol. The van der Waals surface area contributed by atoms with E-state index in [0.29, 0.717) is 24.2 Å². The Balaban J connectivity index is 0.00000364. The molecule has 0 saturated carbocycles. The predicted molar refractivity (Wildman–Crippen MR) is 110 cm³/mol. The summed E-state index contributed by atoms with van der Waals surface area (Å²) in [5.74, 6) is 0.329. The van der Waals surface area contributed by atoms with E-state index in [9.17, 15) is 9.59 Å². The summed E-state index contributed by atoms with van der Waals surface area (Å²) >= 11 is 0. The number of para-hydroxylation sites is 1. The molecular formula is C20H26ClN3O3. The lowest BCUT2D eigenvalue weighted by Crippen LogP contribution is -2.40. The molecule has 3 N–H and O–H groups in total. The first-order valence-electron chi connectivity index (χ1n) is 8.47. The summed E-state index contributed by atoms with van der Waals surface area (Å²) in [4.78, 5) is 26.1. The fraction of sp³-hybridized carbons (Fsp3) is 0.300. The van der Waals surface area contributed by atoms with Gasteiger partial charge in [0.25, 0.3) is 5.91 Å². The molecule has 27 heavy (non-hydrogen) atoms. The van der Waals surface area contributed by atoms with Gasteiger partial charge in [-0.2, -0.15) is 0 Å². The van der Waals surface area contributed by atoms with E-state index < -0.39 is 6.04 Å². The number of amides is 2. The maximum absolute atomic E-state index is 12.6. The number of methoxy groups -OCH3 is 1. The van der Waals surface area contributed by atoms with E-state index in [1.165, 1.54) is 4.90 Å². The Labute approximate surface area is 166 Å². The molecule has 2 amide bonds. The number of hydrogen-bond donors (Lipinski definition) is 2. The van der Waals surface area contributed by atoms with Gasteiger partial charge in [0.05, 0.1) is 24.4 Å². The molecule has 2 rings (SSSR count). The van der Waals surface area contributed by atoms with Gasteiger partial charge >= 0.3 is 0 Å². The molecule has 2 aromatic carbocycles. The molecule has 0 aliphatic carbocycles. The number of likely N-dealkylation sites (N-methyl/N-ethyl adjacent to an activating group) is 1. The van der Waals surface area contributed by atoms with Crippen molar-refractivity contribution in [2.75, 3.05) is 25.6 Å². The first kappa shape index (κ1) is 22.5. The van der Waals surface area contributed by atoms with Gasteiger partial charge in [-0.3, -0.25) is 9.59 Å². The summed E-state index contributed by atoms with van der Waals surface area (Å²) in [5.41, 5.74) is 7.75. The number of carbonyl (C=O) groups is 2. The van der Waals surface area contributed by atoms with E-state index in [4.69, 9.17) is 10.5 Å². The Kier molecular flexibility index (Phi) is 8.78. The molecule has 7 heteroatoms. The first-order valence-corrected chi connectivity index (χ1v) is 8.47. The van der Waals surface area contributed by atoms with Crippen molar-refractivity contribution in [2.24, 2.45) is 5.73 Å². The number of ether oxygens (including phenoxy) is 1. The minimum atomic E-state index is -0.633. The summed E-state index contributed by atoms with van der Waals surface area (Å²) in [7, 11) is 3.25. The number of halogens is 1. The van der Waals surface area contributed by atoms with Crippen LogP contribution in [0.1, 0.15) is 22.8 Å². The van der Waals surface area contributed by atoms with Gasteiger partial charge in [-0.05, 0) is 43.2 Å². The number of benzene rings is 2. The molecule has 6 nitrogen and oxygen atoms in total. The van der Waals surface area contributed by atoms with Crippen LogP contribution in [0, 0.1) is 0 Å². The first-order chi connectivity index (χ1) is 12.4. The van der Waals surface area contributed by atoms with Gasteiger partial charge in [0, 0.05) is 13.6 Å². The van der Waals surface area contributed by atoms with Crippen molar-refractivity contribution in [3.63, 3.8) is 0 Å². The average Bonchev–Trinajstić information content (AvgIpc) is 2.67. The Morgan fingerprint density at radius 1 is 1.15 bits per heavy atom. The highest BCUT2D eigenvalue weighted by Gasteiger charge is 2.20. The molecule has 2 aromatic rings. The number of hydrogen-bond acceptors (Lipinski definition) is 4. The second kappa shape index (κ2) is 10.5. The van der Waals surface area contributed by atoms with E-state index in [1.807, 2.05) is 24.3 Å². The molecular weight excluding hydrogens is 366 g/mol. The van der Waals surface area contributed by atoms with Gasteiger partial charge in [0.15, 0.2) is 0 Å². The van der Waals surface area contributed by atoms with E-state index >= 15 is 0 Å². The quantitative estimate of drug-likeness (QED) is 0.759. The van der Waals surface area contributed by atoms with Gasteiger partial charge in [-0.25, -0.2) is 0 Å². The highest BCUT2D eigenvalue weighted by molar-refractivity contribution is 6.05. The molecule has 0 aliphatic heterocycles. The third-order valence-corrected chi connectivity index (χ3v) is 4.09. The summed E-state index contributed by atoms with van der Waals surface area (Å²) in [5, 5.41) is 2.90. The van der Waals surface area contributed by atoms with E-state index in [2.05, 4.69) is 5.32 Å². The van der Waals surface area contributed by atoms with Crippen LogP contribution < -0.4 is 20.7 Å². The highest BCUT2D eigenvalue weighted by Crippen LogP contribution is 2.20. The van der Waals surface area contributed by atoms with Crippen LogP contribution in [0.2, 0.25) is 0 Å². The maximum Gasteiger partial charge on any atom is 0.253 e. The molecule has 0 bridgehead atoms. The van der Waals surface area contributed by atoms with Crippen molar-refractivity contribution in [2.45, 2.75) is 19.4 Å². The van der Waals surface area contributed by atoms with Crippen molar-refractivity contribution >= 4 is 29.9 Å². The lowest BCUT2D eigenvalue weighted by molar-refractivity contribution is -0.119. The van der Waals surface area contributed by atoms with Crippen LogP contribution in [-0.2, 0) is 11.2 Å². The fourth-order valence-corrected chi connectivity index (χ4v) is 2.59. The molecule has 0 aromatic heterocycles. The fourth-order valence-electron chi connectivity index (χ4n) is 2.59. The number of nitrogens with one attached hydrogen (secondary N) is 1. The van der Waals surface area contributed by atoms with Crippen LogP contribution in [-0.4, -0.2) is 38.6 Å². The van der Waals surface area contributed by atoms with Crippen molar-refractivity contribution in [3.05, 3.63) is 59.7 Å². The third-order valence-electron chi connectivity index (χ3n) is 4.09. The topological polar surface area (TPSA) is 84.7 Å². The molecule has 0 fully saturated rings. The van der Waals surface area contributed by atoms with Gasteiger partial charge in [0.1, 0.15) is 5.75 Å². The van der Waals surface area contributed by atoms with E-state index in [1.54, 1.807) is 45.3 Å². The maximum atomic E-state index is 12.6. The van der Waals surface area contributed by atoms with Gasteiger partial charge < -0.3 is 20.7 Å². The van der Waals surface area contributed by atoms with Crippen LogP contribution in [0.3, 0.4) is 0 Å². The molecule has 1 atom stereocenters. The van der Waals surface area contributed by atoms with Gasteiger partial charge in [0.2, 0.25) is 5.91 Å². The predicted octanol–water partition coefficient (Wildman–Crippen LogP) is 2.40. The summed E-state index contributed by atoms with van der Waals surface area (Å²) in [6, 6.07) is 14.1. The Morgan fingerprint density at radius 3 is 2.37 bits per heavy atom. The largest absolute Gasteiger partial charge is 0.497 e. The SMILES string of the molecule is COc1ccc(CCNC(=O)c2ccccc2N(C)C(=O)[C@H](C)N)cc1.Cl. The Hall–Kier alpha value is -2.57.